The Morgan fingerprint density at radius 1 is 1.30 bits per heavy atom. The second-order valence-corrected chi connectivity index (χ2v) is 2.20. The quantitative estimate of drug-likeness (QED) is 0.438. The fourth-order valence-corrected chi connectivity index (χ4v) is 0.828. The van der Waals surface area contributed by atoms with Crippen molar-refractivity contribution in [3.8, 4) is 0 Å². The smallest absolute Gasteiger partial charge is 0.280 e. The fraction of sp³-hybridized carbons (Fsp3) is 0.857. The van der Waals surface area contributed by atoms with E-state index in [2.05, 4.69) is 19.3 Å². The number of rotatable bonds is 6. The van der Waals surface area contributed by atoms with Gasteiger partial charge in [0.1, 0.15) is 0 Å². The van der Waals surface area contributed by atoms with Crippen LogP contribution in [0.4, 0.5) is 0 Å². The highest BCUT2D eigenvalue weighted by Gasteiger charge is 1.98. The van der Waals surface area contributed by atoms with Crippen LogP contribution >= 0.6 is 0 Å². The minimum absolute atomic E-state index is 0.906. The van der Waals surface area contributed by atoms with Crippen LogP contribution in [0.2, 0.25) is 0 Å². The average molecular weight is 143 g/mol. The molecular formula is C7H15N2O. The van der Waals surface area contributed by atoms with Crippen molar-refractivity contribution < 1.29 is 4.79 Å². The lowest BCUT2D eigenvalue weighted by Gasteiger charge is -2.17. The first-order chi connectivity index (χ1) is 4.85. The predicted molar refractivity (Wildman–Crippen MR) is 41.0 cm³/mol. The Bertz CT molecular complexity index is 79.7. The fourth-order valence-electron chi connectivity index (χ4n) is 0.828. The molecule has 0 unspecified atom stereocenters. The summed E-state index contributed by atoms with van der Waals surface area (Å²) in [4.78, 5) is 9.89. The third-order valence-corrected chi connectivity index (χ3v) is 1.19. The summed E-state index contributed by atoms with van der Waals surface area (Å²) in [5, 5.41) is 1.87. The zero-order chi connectivity index (χ0) is 7.82. The highest BCUT2D eigenvalue weighted by molar-refractivity contribution is 5.46. The molecule has 0 saturated heterocycles. The topological polar surface area (TPSA) is 32.3 Å². The molecule has 0 fully saturated rings. The van der Waals surface area contributed by atoms with Crippen molar-refractivity contribution in [2.24, 2.45) is 0 Å². The molecule has 0 rings (SSSR count). The van der Waals surface area contributed by atoms with Crippen LogP contribution in [0.15, 0.2) is 0 Å². The average Bonchev–Trinajstić information content (AvgIpc) is 1.90. The SMILES string of the molecule is CCCN(CCC)N[C]=O. The maximum atomic E-state index is 9.89. The third kappa shape index (κ3) is 4.32. The number of hydrazine groups is 1. The summed E-state index contributed by atoms with van der Waals surface area (Å²) in [5.74, 6) is 0. The second kappa shape index (κ2) is 6.55. The molecule has 0 aliphatic heterocycles. The predicted octanol–water partition coefficient (Wildman–Crippen LogP) is 0.680. The number of hydrogen-bond donors (Lipinski definition) is 1. The lowest BCUT2D eigenvalue weighted by atomic mass is 10.4. The van der Waals surface area contributed by atoms with Crippen LogP contribution in [0.5, 0.6) is 0 Å². The van der Waals surface area contributed by atoms with E-state index in [1.165, 1.54) is 0 Å². The first-order valence-corrected chi connectivity index (χ1v) is 3.72. The van der Waals surface area contributed by atoms with Gasteiger partial charge in [-0.05, 0) is 12.8 Å². The van der Waals surface area contributed by atoms with Crippen molar-refractivity contribution >= 4 is 6.41 Å². The van der Waals surface area contributed by atoms with Gasteiger partial charge in [-0.25, -0.2) is 5.01 Å². The molecule has 0 bridgehead atoms. The highest BCUT2D eigenvalue weighted by Crippen LogP contribution is 1.87. The number of hydrogen-bond acceptors (Lipinski definition) is 2. The molecule has 3 heteroatoms. The van der Waals surface area contributed by atoms with E-state index in [1.807, 2.05) is 5.01 Å². The van der Waals surface area contributed by atoms with Gasteiger partial charge in [0.25, 0.3) is 0 Å². The normalized spacial score (nSPS) is 9.90. The molecule has 0 heterocycles. The largest absolute Gasteiger partial charge is 0.324 e. The molecule has 3 nitrogen and oxygen atoms in total. The first-order valence-electron chi connectivity index (χ1n) is 3.72. The molecule has 0 aliphatic rings. The van der Waals surface area contributed by atoms with Crippen LogP contribution in [0.3, 0.4) is 0 Å². The standard InChI is InChI=1S/C7H15N2O/c1-3-5-9(6-4-2)8-7-10/h3-6H2,1-2H3,(H,8,10). The summed E-state index contributed by atoms with van der Waals surface area (Å²) in [6, 6.07) is 0. The van der Waals surface area contributed by atoms with Gasteiger partial charge >= 0.3 is 6.41 Å². The molecule has 0 spiro atoms. The van der Waals surface area contributed by atoms with E-state index in [0.717, 1.165) is 25.9 Å². The molecule has 0 aromatic rings. The number of carbonyl (C=O) groups excluding carboxylic acids is 1. The van der Waals surface area contributed by atoms with E-state index in [0.29, 0.717) is 0 Å². The summed E-state index contributed by atoms with van der Waals surface area (Å²) < 4.78 is 0. The number of amides is 1. The monoisotopic (exact) mass is 143 g/mol. The van der Waals surface area contributed by atoms with Gasteiger partial charge in [-0.1, -0.05) is 13.8 Å². The Labute approximate surface area is 62.4 Å². The maximum absolute atomic E-state index is 9.89. The van der Waals surface area contributed by atoms with Crippen LogP contribution in [0, 0.1) is 0 Å². The van der Waals surface area contributed by atoms with Crippen LogP contribution in [-0.2, 0) is 4.79 Å². The number of nitrogens with zero attached hydrogens (tertiary/aromatic N) is 1. The molecule has 0 atom stereocenters. The first kappa shape index (κ1) is 9.43. The van der Waals surface area contributed by atoms with Gasteiger partial charge in [0.2, 0.25) is 0 Å². The van der Waals surface area contributed by atoms with Crippen LogP contribution in [-0.4, -0.2) is 24.5 Å². The zero-order valence-electron chi connectivity index (χ0n) is 6.68. The summed E-state index contributed by atoms with van der Waals surface area (Å²) in [6.45, 7) is 5.97. The summed E-state index contributed by atoms with van der Waals surface area (Å²) in [7, 11) is 0. The van der Waals surface area contributed by atoms with E-state index >= 15 is 0 Å². The van der Waals surface area contributed by atoms with E-state index in [4.69, 9.17) is 0 Å². The van der Waals surface area contributed by atoms with Crippen LogP contribution < -0.4 is 5.43 Å². The Hall–Kier alpha value is -0.570. The summed E-state index contributed by atoms with van der Waals surface area (Å²) >= 11 is 0. The Morgan fingerprint density at radius 3 is 2.10 bits per heavy atom. The van der Waals surface area contributed by atoms with Crippen LogP contribution in [0.25, 0.3) is 0 Å². The molecule has 10 heavy (non-hydrogen) atoms. The van der Waals surface area contributed by atoms with Crippen molar-refractivity contribution in [2.75, 3.05) is 13.1 Å². The summed E-state index contributed by atoms with van der Waals surface area (Å²) in [6.07, 6.45) is 3.76. The van der Waals surface area contributed by atoms with Gasteiger partial charge < -0.3 is 0 Å². The zero-order valence-corrected chi connectivity index (χ0v) is 6.68. The van der Waals surface area contributed by atoms with Gasteiger partial charge in [-0.3, -0.25) is 10.2 Å². The van der Waals surface area contributed by atoms with Gasteiger partial charge in [0, 0.05) is 13.1 Å². The van der Waals surface area contributed by atoms with E-state index in [1.54, 1.807) is 6.41 Å². The lowest BCUT2D eigenvalue weighted by molar-refractivity contribution is 0.231. The molecule has 0 aromatic carbocycles. The van der Waals surface area contributed by atoms with Gasteiger partial charge in [0.15, 0.2) is 0 Å². The van der Waals surface area contributed by atoms with Crippen molar-refractivity contribution in [1.29, 1.82) is 0 Å². The molecule has 0 aliphatic carbocycles. The van der Waals surface area contributed by atoms with Crippen LogP contribution in [0.1, 0.15) is 26.7 Å². The third-order valence-electron chi connectivity index (χ3n) is 1.19. The lowest BCUT2D eigenvalue weighted by Crippen LogP contribution is -2.38. The van der Waals surface area contributed by atoms with E-state index in [9.17, 15) is 4.79 Å². The minimum atomic E-state index is 0.906. The van der Waals surface area contributed by atoms with Crippen molar-refractivity contribution in [1.82, 2.24) is 10.4 Å². The molecular weight excluding hydrogens is 128 g/mol. The maximum Gasteiger partial charge on any atom is 0.324 e. The van der Waals surface area contributed by atoms with Gasteiger partial charge in [0.05, 0.1) is 0 Å². The van der Waals surface area contributed by atoms with E-state index in [-0.39, 0.29) is 0 Å². The second-order valence-electron chi connectivity index (χ2n) is 2.20. The van der Waals surface area contributed by atoms with Crippen molar-refractivity contribution in [3.63, 3.8) is 0 Å². The molecule has 0 aromatic heterocycles. The Balaban J connectivity index is 3.38. The molecule has 1 amide bonds. The van der Waals surface area contributed by atoms with Gasteiger partial charge in [-0.2, -0.15) is 0 Å². The minimum Gasteiger partial charge on any atom is -0.280 e. The summed E-state index contributed by atoms with van der Waals surface area (Å²) in [5.41, 5.74) is 2.51. The van der Waals surface area contributed by atoms with Crippen molar-refractivity contribution in [3.05, 3.63) is 0 Å². The molecule has 1 N–H and O–H groups in total. The number of nitrogens with one attached hydrogen (secondary N) is 1. The Kier molecular flexibility index (Phi) is 6.18. The highest BCUT2D eigenvalue weighted by atomic mass is 16.1. The molecule has 59 valence electrons. The Morgan fingerprint density at radius 2 is 1.80 bits per heavy atom. The van der Waals surface area contributed by atoms with Gasteiger partial charge in [-0.15, -0.1) is 0 Å². The molecule has 0 saturated carbocycles. The van der Waals surface area contributed by atoms with E-state index < -0.39 is 0 Å². The molecule has 1 radical (unpaired) electrons. The van der Waals surface area contributed by atoms with Crippen molar-refractivity contribution in [2.45, 2.75) is 26.7 Å².